The van der Waals surface area contributed by atoms with Gasteiger partial charge in [0.05, 0.1) is 0 Å². The van der Waals surface area contributed by atoms with Gasteiger partial charge in [-0.1, -0.05) is 0 Å². The summed E-state index contributed by atoms with van der Waals surface area (Å²) in [5, 5.41) is 0. The SMILES string of the molecule is [Al+3].[Al+3].[Ba+2].[Ba+2].[O-2].[O-2].[O-2].[O-2].[O-2].[O-2].[O-2].[Sr+2].[Sr+2]. The molecule has 0 aliphatic carbocycles. The van der Waals surface area contributed by atoms with Crippen molar-refractivity contribution >= 4 is 223 Å². The summed E-state index contributed by atoms with van der Waals surface area (Å²) in [6.45, 7) is 0. The van der Waals surface area contributed by atoms with E-state index < -0.39 is 0 Å². The van der Waals surface area contributed by atoms with Gasteiger partial charge in [0.1, 0.15) is 0 Å². The minimum atomic E-state index is 0. The number of hydrogen-bond donors (Lipinski definition) is 0. The molecule has 0 spiro atoms. The van der Waals surface area contributed by atoms with E-state index in [4.69, 9.17) is 0 Å². The van der Waals surface area contributed by atoms with Gasteiger partial charge in [-0.2, -0.15) is 0 Å². The Morgan fingerprint density at radius 3 is 0.308 bits per heavy atom. The van der Waals surface area contributed by atoms with Crippen molar-refractivity contribution in [1.82, 2.24) is 0 Å². The first-order valence-corrected chi connectivity index (χ1v) is 0. The van der Waals surface area contributed by atoms with Crippen LogP contribution >= 0.6 is 0 Å². The summed E-state index contributed by atoms with van der Waals surface area (Å²) in [5.41, 5.74) is 0. The summed E-state index contributed by atoms with van der Waals surface area (Å²) < 4.78 is 0. The van der Waals surface area contributed by atoms with Crippen molar-refractivity contribution in [2.75, 3.05) is 0 Å². The quantitative estimate of drug-likeness (QED) is 0.249. The molecule has 7 nitrogen and oxygen atoms in total. The van der Waals surface area contributed by atoms with Gasteiger partial charge in [-0.25, -0.2) is 0 Å². The van der Waals surface area contributed by atoms with Gasteiger partial charge >= 0.3 is 223 Å². The summed E-state index contributed by atoms with van der Waals surface area (Å²) in [6, 6.07) is 0. The van der Waals surface area contributed by atoms with Gasteiger partial charge in [-0.15, -0.1) is 0 Å². The molecule has 0 saturated carbocycles. The van der Waals surface area contributed by atoms with Crippen molar-refractivity contribution < 1.29 is 38.3 Å². The van der Waals surface area contributed by atoms with E-state index in [2.05, 4.69) is 0 Å². The average molecular weight is 616 g/mol. The standard InChI is InChI=1S/2Al.2Ba.7O.2Sr/q2*+3;2*+2;7*-2;2*+2. The second-order valence-corrected chi connectivity index (χ2v) is 0. The molecule has 0 bridgehead atoms. The third kappa shape index (κ3) is 114. The van der Waals surface area contributed by atoms with Gasteiger partial charge in [-0.3, -0.25) is 0 Å². The van der Waals surface area contributed by atoms with E-state index in [1.165, 1.54) is 0 Å². The minimum absolute atomic E-state index is 0. The zero-order chi connectivity index (χ0) is 0. The van der Waals surface area contributed by atoms with Crippen LogP contribution in [0.4, 0.5) is 0 Å². The van der Waals surface area contributed by atoms with E-state index in [0.29, 0.717) is 0 Å². The van der Waals surface area contributed by atoms with E-state index in [1.807, 2.05) is 0 Å². The molecule has 0 atom stereocenters. The van der Waals surface area contributed by atoms with Crippen LogP contribution in [0.1, 0.15) is 0 Å². The molecule has 0 saturated heterocycles. The predicted molar refractivity (Wildman–Crippen MR) is 39.3 cm³/mol. The molecule has 0 amide bonds. The molecule has 0 aliphatic rings. The molecule has 0 N–H and O–H groups in total. The van der Waals surface area contributed by atoms with Crippen molar-refractivity contribution in [3.05, 3.63) is 0 Å². The minimum Gasteiger partial charge on any atom is -2.00 e. The Balaban J connectivity index is 0. The van der Waals surface area contributed by atoms with Crippen molar-refractivity contribution in [3.63, 3.8) is 0 Å². The van der Waals surface area contributed by atoms with E-state index in [0.717, 1.165) is 0 Å². The fourth-order valence-corrected chi connectivity index (χ4v) is 0. The first-order valence-electron chi connectivity index (χ1n) is 0. The summed E-state index contributed by atoms with van der Waals surface area (Å²) in [4.78, 5) is 0. The largest absolute Gasteiger partial charge is 3.00 e. The molecule has 0 heterocycles. The Morgan fingerprint density at radius 2 is 0.308 bits per heavy atom. The van der Waals surface area contributed by atoms with Crippen molar-refractivity contribution in [2.45, 2.75) is 0 Å². The Labute approximate surface area is 253 Å². The van der Waals surface area contributed by atoms with Crippen LogP contribution in [0, 0.1) is 0 Å². The maximum Gasteiger partial charge on any atom is 3.00 e. The van der Waals surface area contributed by atoms with Crippen LogP contribution in [0.3, 0.4) is 0 Å². The zero-order valence-corrected chi connectivity index (χ0v) is 25.0. The number of rotatable bonds is 0. The Kier molecular flexibility index (Phi) is 1470. The zero-order valence-electron chi connectivity index (χ0n) is 6.84. The van der Waals surface area contributed by atoms with Crippen molar-refractivity contribution in [1.29, 1.82) is 0 Å². The Morgan fingerprint density at radius 1 is 0.308 bits per heavy atom. The van der Waals surface area contributed by atoms with Crippen molar-refractivity contribution in [2.24, 2.45) is 0 Å². The summed E-state index contributed by atoms with van der Waals surface area (Å²) in [5.74, 6) is 0. The molecule has 56 valence electrons. The fourth-order valence-electron chi connectivity index (χ4n) is 0. The molecule has 0 unspecified atom stereocenters. The molecular formula is Al2Ba2O7Sr2. The third-order valence-corrected chi connectivity index (χ3v) is 0. The van der Waals surface area contributed by atoms with Gasteiger partial charge in [0.15, 0.2) is 0 Å². The molecule has 13 heavy (non-hydrogen) atoms. The summed E-state index contributed by atoms with van der Waals surface area (Å²) >= 11 is 0. The van der Waals surface area contributed by atoms with E-state index in [1.54, 1.807) is 0 Å². The second kappa shape index (κ2) is 127. The maximum absolute atomic E-state index is 0. The maximum atomic E-state index is 0. The monoisotopic (exact) mass is 618 g/mol. The topological polar surface area (TPSA) is 200 Å². The van der Waals surface area contributed by atoms with E-state index in [-0.39, 0.29) is 262 Å². The molecule has 13 heteroatoms. The van der Waals surface area contributed by atoms with Gasteiger partial charge in [0.2, 0.25) is 0 Å². The van der Waals surface area contributed by atoms with Crippen LogP contribution in [0.25, 0.3) is 0 Å². The van der Waals surface area contributed by atoms with Crippen LogP contribution in [-0.4, -0.2) is 223 Å². The molecule has 0 rings (SSSR count). The van der Waals surface area contributed by atoms with Gasteiger partial charge in [0.25, 0.3) is 0 Å². The van der Waals surface area contributed by atoms with Gasteiger partial charge in [-0.05, 0) is 0 Å². The van der Waals surface area contributed by atoms with Crippen LogP contribution in [0.2, 0.25) is 0 Å². The molecular weight excluding hydrogens is 616 g/mol. The summed E-state index contributed by atoms with van der Waals surface area (Å²) in [7, 11) is 0. The molecule has 0 aromatic carbocycles. The molecule has 0 radical (unpaired) electrons. The number of hydrogen-bond acceptors (Lipinski definition) is 0. The summed E-state index contributed by atoms with van der Waals surface area (Å²) in [6.07, 6.45) is 0. The fraction of sp³-hybridized carbons (Fsp3) is 0. The Hall–Kier alpha value is 6.89. The molecule has 0 aromatic heterocycles. The predicted octanol–water partition coefficient (Wildman–Crippen LogP) is -3.12. The molecule has 0 fully saturated rings. The van der Waals surface area contributed by atoms with Crippen molar-refractivity contribution in [3.8, 4) is 0 Å². The molecule has 0 aliphatic heterocycles. The average Bonchev–Trinajstić information content (AvgIpc) is 0. The van der Waals surface area contributed by atoms with E-state index >= 15 is 0 Å². The van der Waals surface area contributed by atoms with Crippen LogP contribution in [0.5, 0.6) is 0 Å². The van der Waals surface area contributed by atoms with Gasteiger partial charge < -0.3 is 38.3 Å². The van der Waals surface area contributed by atoms with Crippen LogP contribution < -0.4 is 0 Å². The van der Waals surface area contributed by atoms with Crippen LogP contribution in [0.15, 0.2) is 0 Å². The van der Waals surface area contributed by atoms with Crippen LogP contribution in [-0.2, 0) is 38.3 Å². The molecule has 0 aromatic rings. The third-order valence-electron chi connectivity index (χ3n) is 0. The first kappa shape index (κ1) is 150. The Bertz CT molecular complexity index is 22.5. The van der Waals surface area contributed by atoms with E-state index in [9.17, 15) is 0 Å². The van der Waals surface area contributed by atoms with Gasteiger partial charge in [0, 0.05) is 0 Å². The normalized spacial score (nSPS) is 0. The smallest absolute Gasteiger partial charge is 2.00 e. The first-order chi connectivity index (χ1) is 0. The second-order valence-electron chi connectivity index (χ2n) is 0.